The van der Waals surface area contributed by atoms with Gasteiger partial charge in [-0.3, -0.25) is 14.3 Å². The summed E-state index contributed by atoms with van der Waals surface area (Å²) >= 11 is 0. The second kappa shape index (κ2) is 7.10. The lowest BCUT2D eigenvalue weighted by atomic mass is 10.3. The molecule has 0 spiro atoms. The van der Waals surface area contributed by atoms with Crippen molar-refractivity contribution < 1.29 is 18.5 Å². The predicted octanol–water partition coefficient (Wildman–Crippen LogP) is 0.750. The van der Waals surface area contributed by atoms with E-state index in [2.05, 4.69) is 4.98 Å². The Labute approximate surface area is 116 Å². The Morgan fingerprint density at radius 3 is 2.80 bits per heavy atom. The van der Waals surface area contributed by atoms with Gasteiger partial charge in [0, 0.05) is 32.9 Å². The molecular weight excluding hydrogens is 287 g/mol. The lowest BCUT2D eigenvalue weighted by Crippen LogP contribution is -2.31. The van der Waals surface area contributed by atoms with Gasteiger partial charge < -0.3 is 18.5 Å². The van der Waals surface area contributed by atoms with E-state index in [-0.39, 0.29) is 0 Å². The van der Waals surface area contributed by atoms with Crippen LogP contribution in [0.3, 0.4) is 0 Å². The zero-order valence-corrected chi connectivity index (χ0v) is 12.2. The van der Waals surface area contributed by atoms with Gasteiger partial charge in [-0.05, 0) is 6.42 Å². The SMILES string of the molecule is COP(COC1CCC(n2ccc(=O)[nH]c2=O)O1)OC. The monoisotopic (exact) mass is 304 g/mol. The van der Waals surface area contributed by atoms with Crippen molar-refractivity contribution in [3.63, 3.8) is 0 Å². The molecule has 0 radical (unpaired) electrons. The molecule has 1 saturated heterocycles. The van der Waals surface area contributed by atoms with Crippen LogP contribution >= 0.6 is 8.38 Å². The van der Waals surface area contributed by atoms with Gasteiger partial charge in [0.2, 0.25) is 0 Å². The standard InChI is InChI=1S/C11H17N2O6P/c1-16-20(17-2)7-18-10-4-3-9(19-10)13-6-5-8(14)12-11(13)15/h5-6,9-10H,3-4,7H2,1-2H3,(H,12,14,15). The summed E-state index contributed by atoms with van der Waals surface area (Å²) < 4.78 is 22.6. The van der Waals surface area contributed by atoms with Crippen LogP contribution in [0.5, 0.6) is 0 Å². The highest BCUT2D eigenvalue weighted by molar-refractivity contribution is 7.46. The molecule has 2 unspecified atom stereocenters. The molecule has 9 heteroatoms. The van der Waals surface area contributed by atoms with Crippen LogP contribution in [0, 0.1) is 0 Å². The number of H-pyrrole nitrogens is 1. The lowest BCUT2D eigenvalue weighted by Gasteiger charge is -2.18. The fourth-order valence-electron chi connectivity index (χ4n) is 1.90. The van der Waals surface area contributed by atoms with Gasteiger partial charge in [-0.1, -0.05) is 0 Å². The summed E-state index contributed by atoms with van der Waals surface area (Å²) in [7, 11) is 2.03. The van der Waals surface area contributed by atoms with Gasteiger partial charge in [-0.2, -0.15) is 0 Å². The van der Waals surface area contributed by atoms with E-state index in [1.54, 1.807) is 14.2 Å². The molecule has 2 atom stereocenters. The highest BCUT2D eigenvalue weighted by Crippen LogP contribution is 2.37. The highest BCUT2D eigenvalue weighted by Gasteiger charge is 2.28. The first-order valence-electron chi connectivity index (χ1n) is 6.08. The molecule has 112 valence electrons. The summed E-state index contributed by atoms with van der Waals surface area (Å²) in [5.41, 5.74) is -0.915. The zero-order chi connectivity index (χ0) is 14.5. The van der Waals surface area contributed by atoms with Crippen molar-refractivity contribution in [1.29, 1.82) is 0 Å². The van der Waals surface area contributed by atoms with Crippen molar-refractivity contribution in [2.24, 2.45) is 0 Å². The van der Waals surface area contributed by atoms with E-state index in [1.165, 1.54) is 16.8 Å². The summed E-state index contributed by atoms with van der Waals surface area (Å²) in [5.74, 6) is 0. The van der Waals surface area contributed by atoms with Crippen LogP contribution in [-0.4, -0.2) is 36.4 Å². The Kier molecular flexibility index (Phi) is 5.45. The average Bonchev–Trinajstić information content (AvgIpc) is 2.88. The first kappa shape index (κ1) is 15.3. The number of hydrogen-bond donors (Lipinski definition) is 1. The van der Waals surface area contributed by atoms with Gasteiger partial charge >= 0.3 is 5.69 Å². The molecule has 0 aromatic carbocycles. The second-order valence-corrected chi connectivity index (χ2v) is 5.76. The maximum absolute atomic E-state index is 11.6. The van der Waals surface area contributed by atoms with Gasteiger partial charge in [-0.25, -0.2) is 4.79 Å². The van der Waals surface area contributed by atoms with Gasteiger partial charge in [0.25, 0.3) is 5.56 Å². The van der Waals surface area contributed by atoms with E-state index in [1.807, 2.05) is 0 Å². The minimum absolute atomic E-state index is 0.306. The van der Waals surface area contributed by atoms with Crippen LogP contribution in [0.4, 0.5) is 0 Å². The Balaban J connectivity index is 1.92. The van der Waals surface area contributed by atoms with Crippen LogP contribution < -0.4 is 11.2 Å². The second-order valence-electron chi connectivity index (χ2n) is 4.11. The summed E-state index contributed by atoms with van der Waals surface area (Å²) in [6.45, 7) is 0. The molecule has 1 aromatic heterocycles. The van der Waals surface area contributed by atoms with Crippen molar-refractivity contribution in [2.45, 2.75) is 25.4 Å². The molecule has 8 nitrogen and oxygen atoms in total. The number of aromatic nitrogens is 2. The van der Waals surface area contributed by atoms with E-state index in [0.29, 0.717) is 19.2 Å². The van der Waals surface area contributed by atoms with Gasteiger partial charge in [-0.15, -0.1) is 0 Å². The topological polar surface area (TPSA) is 91.8 Å². The molecule has 1 N–H and O–H groups in total. The van der Waals surface area contributed by atoms with E-state index in [9.17, 15) is 9.59 Å². The maximum atomic E-state index is 11.6. The van der Waals surface area contributed by atoms with Crippen LogP contribution in [0.1, 0.15) is 19.1 Å². The Bertz CT molecular complexity index is 540. The molecule has 1 aliphatic heterocycles. The molecular formula is C11H17N2O6P. The maximum Gasteiger partial charge on any atom is 0.330 e. The summed E-state index contributed by atoms with van der Waals surface area (Å²) in [6.07, 6.45) is 2.18. The number of ether oxygens (including phenoxy) is 2. The van der Waals surface area contributed by atoms with Crippen molar-refractivity contribution in [2.75, 3.05) is 20.6 Å². The van der Waals surface area contributed by atoms with Crippen molar-refractivity contribution >= 4 is 8.38 Å². The van der Waals surface area contributed by atoms with Crippen LogP contribution in [-0.2, 0) is 18.5 Å². The quantitative estimate of drug-likeness (QED) is 0.780. The summed E-state index contributed by atoms with van der Waals surface area (Å²) in [5, 5.41) is 0. The van der Waals surface area contributed by atoms with Crippen molar-refractivity contribution in [3.8, 4) is 0 Å². The molecule has 1 fully saturated rings. The molecule has 20 heavy (non-hydrogen) atoms. The largest absolute Gasteiger partial charge is 0.343 e. The van der Waals surface area contributed by atoms with Gasteiger partial charge in [0.1, 0.15) is 12.6 Å². The molecule has 0 aliphatic carbocycles. The fourth-order valence-corrected chi connectivity index (χ4v) is 2.54. The Hall–Kier alpha value is -1.05. The van der Waals surface area contributed by atoms with Crippen LogP contribution in [0.15, 0.2) is 21.9 Å². The summed E-state index contributed by atoms with van der Waals surface area (Å²) in [6, 6.07) is 1.29. The molecule has 2 rings (SSSR count). The third-order valence-electron chi connectivity index (χ3n) is 2.89. The molecule has 1 aromatic rings. The van der Waals surface area contributed by atoms with Crippen molar-refractivity contribution in [3.05, 3.63) is 33.1 Å². The molecule has 0 bridgehead atoms. The minimum atomic E-state index is -1.07. The third-order valence-corrected chi connectivity index (χ3v) is 4.07. The number of nitrogens with zero attached hydrogens (tertiary/aromatic N) is 1. The number of rotatable bonds is 6. The van der Waals surface area contributed by atoms with Gasteiger partial charge in [0.05, 0.1) is 0 Å². The number of hydrogen-bond acceptors (Lipinski definition) is 6. The fraction of sp³-hybridized carbons (Fsp3) is 0.636. The summed E-state index contributed by atoms with van der Waals surface area (Å²) in [4.78, 5) is 24.8. The van der Waals surface area contributed by atoms with E-state index < -0.39 is 32.1 Å². The van der Waals surface area contributed by atoms with Crippen LogP contribution in [0.25, 0.3) is 0 Å². The number of aromatic amines is 1. The van der Waals surface area contributed by atoms with Crippen molar-refractivity contribution in [1.82, 2.24) is 9.55 Å². The Morgan fingerprint density at radius 1 is 1.40 bits per heavy atom. The smallest absolute Gasteiger partial charge is 0.330 e. The van der Waals surface area contributed by atoms with Gasteiger partial charge in [0.15, 0.2) is 14.7 Å². The average molecular weight is 304 g/mol. The van der Waals surface area contributed by atoms with E-state index >= 15 is 0 Å². The highest BCUT2D eigenvalue weighted by atomic mass is 31.2. The molecule has 1 aliphatic rings. The molecule has 0 saturated carbocycles. The minimum Gasteiger partial charge on any atom is -0.343 e. The first-order chi connectivity index (χ1) is 9.63. The lowest BCUT2D eigenvalue weighted by molar-refractivity contribution is -0.141. The van der Waals surface area contributed by atoms with Crippen LogP contribution in [0.2, 0.25) is 0 Å². The van der Waals surface area contributed by atoms with E-state index in [0.717, 1.165) is 0 Å². The third kappa shape index (κ3) is 3.74. The predicted molar refractivity (Wildman–Crippen MR) is 71.4 cm³/mol. The Morgan fingerprint density at radius 2 is 2.15 bits per heavy atom. The number of nitrogens with one attached hydrogen (secondary N) is 1. The zero-order valence-electron chi connectivity index (χ0n) is 11.3. The first-order valence-corrected chi connectivity index (χ1v) is 7.44. The molecule has 2 heterocycles. The molecule has 0 amide bonds. The van der Waals surface area contributed by atoms with E-state index in [4.69, 9.17) is 18.5 Å². The normalized spacial score (nSPS) is 22.6.